The number of rotatable bonds is 4. The zero-order chi connectivity index (χ0) is 19.4. The molecule has 1 aliphatic rings. The minimum Gasteiger partial charge on any atom is -0.421 e. The Balaban J connectivity index is 1.70. The first-order chi connectivity index (χ1) is 12.9. The van der Waals surface area contributed by atoms with Crippen molar-refractivity contribution in [3.8, 4) is 5.75 Å². The second kappa shape index (κ2) is 8.47. The Kier molecular flexibility index (Phi) is 6.04. The number of carbonyl (C=O) groups is 1. The average molecular weight is 369 g/mol. The van der Waals surface area contributed by atoms with E-state index >= 15 is 0 Å². The Morgan fingerprint density at radius 1 is 0.963 bits per heavy atom. The molecule has 2 aromatic carbocycles. The van der Waals surface area contributed by atoms with Gasteiger partial charge in [-0.2, -0.15) is 4.39 Å². The molecular weight excluding hydrogens is 346 g/mol. The molecule has 0 atom stereocenters. The molecule has 4 heteroatoms. The SMILES string of the molecule is Cc1ccc(OC(=O)/C(F)=C(\F)c2ccc([C]3CCC(C)CC3)cc2)cc1. The highest BCUT2D eigenvalue weighted by Crippen LogP contribution is 2.35. The molecule has 0 bridgehead atoms. The molecule has 0 saturated heterocycles. The maximum absolute atomic E-state index is 14.4. The zero-order valence-electron chi connectivity index (χ0n) is 15.6. The highest BCUT2D eigenvalue weighted by Gasteiger charge is 2.22. The van der Waals surface area contributed by atoms with Crippen LogP contribution in [0, 0.1) is 18.8 Å². The van der Waals surface area contributed by atoms with Crippen LogP contribution >= 0.6 is 0 Å². The van der Waals surface area contributed by atoms with E-state index in [0.29, 0.717) is 0 Å². The minimum absolute atomic E-state index is 0.0295. The molecule has 1 fully saturated rings. The molecule has 0 N–H and O–H groups in total. The molecule has 1 saturated carbocycles. The molecule has 27 heavy (non-hydrogen) atoms. The van der Waals surface area contributed by atoms with Crippen molar-refractivity contribution in [3.63, 3.8) is 0 Å². The molecule has 0 aliphatic heterocycles. The largest absolute Gasteiger partial charge is 0.421 e. The summed E-state index contributed by atoms with van der Waals surface area (Å²) in [5, 5.41) is 0. The molecule has 141 valence electrons. The predicted molar refractivity (Wildman–Crippen MR) is 102 cm³/mol. The van der Waals surface area contributed by atoms with E-state index in [4.69, 9.17) is 4.74 Å². The van der Waals surface area contributed by atoms with Crippen LogP contribution in [-0.4, -0.2) is 5.97 Å². The van der Waals surface area contributed by atoms with Gasteiger partial charge in [0.25, 0.3) is 0 Å². The monoisotopic (exact) mass is 369 g/mol. The van der Waals surface area contributed by atoms with E-state index in [0.717, 1.165) is 42.7 Å². The summed E-state index contributed by atoms with van der Waals surface area (Å²) in [5.74, 6) is -1.81. The Hall–Kier alpha value is -2.49. The summed E-state index contributed by atoms with van der Waals surface area (Å²) in [6.45, 7) is 4.13. The molecule has 0 aromatic heterocycles. The Morgan fingerprint density at radius 3 is 2.15 bits per heavy atom. The number of hydrogen-bond acceptors (Lipinski definition) is 2. The molecule has 1 aliphatic carbocycles. The molecule has 0 amide bonds. The van der Waals surface area contributed by atoms with Crippen molar-refractivity contribution in [1.29, 1.82) is 0 Å². The molecule has 2 aromatic rings. The lowest BCUT2D eigenvalue weighted by Crippen LogP contribution is -2.11. The number of esters is 1. The minimum atomic E-state index is -1.53. The highest BCUT2D eigenvalue weighted by atomic mass is 19.2. The molecular formula is C23H23F2O2. The van der Waals surface area contributed by atoms with Crippen molar-refractivity contribution in [1.82, 2.24) is 0 Å². The third-order valence-corrected chi connectivity index (χ3v) is 5.03. The van der Waals surface area contributed by atoms with Gasteiger partial charge in [-0.1, -0.05) is 48.9 Å². The molecule has 3 rings (SSSR count). The lowest BCUT2D eigenvalue weighted by atomic mass is 9.79. The summed E-state index contributed by atoms with van der Waals surface area (Å²) in [6.07, 6.45) is 4.39. The van der Waals surface area contributed by atoms with Gasteiger partial charge in [0.2, 0.25) is 5.83 Å². The van der Waals surface area contributed by atoms with Crippen LogP contribution in [0.5, 0.6) is 5.75 Å². The van der Waals surface area contributed by atoms with Crippen LogP contribution in [-0.2, 0) is 4.79 Å². The first-order valence-electron chi connectivity index (χ1n) is 9.23. The summed E-state index contributed by atoms with van der Waals surface area (Å²) in [6, 6.07) is 13.1. The van der Waals surface area contributed by atoms with E-state index in [1.165, 1.54) is 30.2 Å². The topological polar surface area (TPSA) is 26.3 Å². The van der Waals surface area contributed by atoms with Crippen molar-refractivity contribution in [2.75, 3.05) is 0 Å². The second-order valence-corrected chi connectivity index (χ2v) is 7.19. The Labute approximate surface area is 158 Å². The summed E-state index contributed by atoms with van der Waals surface area (Å²) in [4.78, 5) is 11.9. The predicted octanol–water partition coefficient (Wildman–Crippen LogP) is 6.34. The van der Waals surface area contributed by atoms with Gasteiger partial charge >= 0.3 is 5.97 Å². The van der Waals surface area contributed by atoms with Gasteiger partial charge in [-0.15, -0.1) is 0 Å². The van der Waals surface area contributed by atoms with Crippen LogP contribution in [0.4, 0.5) is 8.78 Å². The van der Waals surface area contributed by atoms with Crippen LogP contribution in [0.3, 0.4) is 0 Å². The van der Waals surface area contributed by atoms with E-state index in [-0.39, 0.29) is 11.3 Å². The fraction of sp³-hybridized carbons (Fsp3) is 0.304. The van der Waals surface area contributed by atoms with Crippen LogP contribution in [0.25, 0.3) is 5.83 Å². The smallest absolute Gasteiger partial charge is 0.375 e. The number of benzene rings is 2. The van der Waals surface area contributed by atoms with Crippen molar-refractivity contribution in [3.05, 3.63) is 77.0 Å². The van der Waals surface area contributed by atoms with E-state index in [1.54, 1.807) is 24.3 Å². The number of carbonyl (C=O) groups excluding carboxylic acids is 1. The summed E-state index contributed by atoms with van der Waals surface area (Å²) in [5.41, 5.74) is 2.06. The van der Waals surface area contributed by atoms with Crippen molar-refractivity contribution >= 4 is 11.8 Å². The fourth-order valence-electron chi connectivity index (χ4n) is 3.23. The normalized spacial score (nSPS) is 16.7. The van der Waals surface area contributed by atoms with Crippen LogP contribution < -0.4 is 4.74 Å². The van der Waals surface area contributed by atoms with Gasteiger partial charge < -0.3 is 4.74 Å². The van der Waals surface area contributed by atoms with Gasteiger partial charge in [-0.25, -0.2) is 9.18 Å². The maximum atomic E-state index is 14.4. The van der Waals surface area contributed by atoms with Crippen LogP contribution in [0.2, 0.25) is 0 Å². The first-order valence-corrected chi connectivity index (χ1v) is 9.23. The van der Waals surface area contributed by atoms with Gasteiger partial charge in [0, 0.05) is 11.5 Å². The van der Waals surface area contributed by atoms with Crippen molar-refractivity contribution < 1.29 is 18.3 Å². The maximum Gasteiger partial charge on any atom is 0.375 e. The Bertz CT molecular complexity index is 814. The standard InChI is InChI=1S/C23H23F2O2/c1-15-3-7-17(8-4-15)18-9-11-19(12-10-18)21(24)22(25)23(26)27-20-13-5-16(2)6-14-20/h5-6,9-15H,3-4,7-8H2,1-2H3/b22-21+. The van der Waals surface area contributed by atoms with Gasteiger partial charge in [0.15, 0.2) is 5.83 Å². The quantitative estimate of drug-likeness (QED) is 0.357. The number of hydrogen-bond donors (Lipinski definition) is 0. The molecule has 0 unspecified atom stereocenters. The third-order valence-electron chi connectivity index (χ3n) is 5.03. The number of halogens is 2. The zero-order valence-corrected chi connectivity index (χ0v) is 15.6. The van der Waals surface area contributed by atoms with E-state index in [9.17, 15) is 13.6 Å². The summed E-state index contributed by atoms with van der Waals surface area (Å²) < 4.78 is 33.4. The second-order valence-electron chi connectivity index (χ2n) is 7.19. The van der Waals surface area contributed by atoms with Gasteiger partial charge in [-0.05, 0) is 56.2 Å². The Morgan fingerprint density at radius 2 is 1.56 bits per heavy atom. The third kappa shape index (κ3) is 4.82. The van der Waals surface area contributed by atoms with Crippen LogP contribution in [0.1, 0.15) is 49.3 Å². The van der Waals surface area contributed by atoms with E-state index in [1.807, 2.05) is 6.92 Å². The number of ether oxygens (including phenoxy) is 1. The average Bonchev–Trinajstić information content (AvgIpc) is 2.69. The lowest BCUT2D eigenvalue weighted by Gasteiger charge is -2.25. The molecule has 1 radical (unpaired) electrons. The molecule has 0 heterocycles. The van der Waals surface area contributed by atoms with Crippen LogP contribution in [0.15, 0.2) is 54.4 Å². The van der Waals surface area contributed by atoms with E-state index < -0.39 is 17.6 Å². The fourth-order valence-corrected chi connectivity index (χ4v) is 3.23. The van der Waals surface area contributed by atoms with Gasteiger partial charge in [0.1, 0.15) is 5.75 Å². The number of aryl methyl sites for hydroxylation is 1. The van der Waals surface area contributed by atoms with Crippen molar-refractivity contribution in [2.45, 2.75) is 39.5 Å². The van der Waals surface area contributed by atoms with Gasteiger partial charge in [0.05, 0.1) is 0 Å². The van der Waals surface area contributed by atoms with Gasteiger partial charge in [-0.3, -0.25) is 0 Å². The summed E-state index contributed by atoms with van der Waals surface area (Å²) in [7, 11) is 0. The lowest BCUT2D eigenvalue weighted by molar-refractivity contribution is -0.131. The molecule has 2 nitrogen and oxygen atoms in total. The highest BCUT2D eigenvalue weighted by molar-refractivity contribution is 5.94. The first kappa shape index (κ1) is 19.3. The van der Waals surface area contributed by atoms with E-state index in [2.05, 4.69) is 6.92 Å². The molecule has 0 spiro atoms. The summed E-state index contributed by atoms with van der Waals surface area (Å²) >= 11 is 0. The van der Waals surface area contributed by atoms with Crippen molar-refractivity contribution in [2.24, 2.45) is 5.92 Å².